The molecule has 0 bridgehead atoms. The first kappa shape index (κ1) is 32.3. The number of carbonyl (C=O) groups is 4. The van der Waals surface area contributed by atoms with Gasteiger partial charge in [0.05, 0.1) is 6.04 Å². The van der Waals surface area contributed by atoms with Gasteiger partial charge in [0, 0.05) is 23.5 Å². The van der Waals surface area contributed by atoms with E-state index in [0.717, 1.165) is 22.0 Å². The van der Waals surface area contributed by atoms with Crippen LogP contribution in [0.2, 0.25) is 0 Å². The number of aromatic nitrogens is 1. The Bertz CT molecular complexity index is 1360. The van der Waals surface area contributed by atoms with Gasteiger partial charge in [-0.15, -0.1) is 0 Å². The molecule has 1 aromatic heterocycles. The average molecular weight is 578 g/mol. The number of rotatable bonds is 15. The van der Waals surface area contributed by atoms with Gasteiger partial charge in [-0.2, -0.15) is 0 Å². The quantitative estimate of drug-likeness (QED) is 0.162. The Hall–Kier alpha value is -4.18. The van der Waals surface area contributed by atoms with E-state index in [-0.39, 0.29) is 24.7 Å². The molecule has 0 fully saturated rings. The summed E-state index contributed by atoms with van der Waals surface area (Å²) in [6, 6.07) is 12.9. The van der Waals surface area contributed by atoms with Crippen LogP contribution in [-0.2, 0) is 32.0 Å². The molecule has 5 unspecified atom stereocenters. The molecule has 10 heteroatoms. The minimum absolute atomic E-state index is 0.0221. The molecule has 0 saturated carbocycles. The number of hydrogen-bond acceptors (Lipinski definition) is 5. The van der Waals surface area contributed by atoms with Gasteiger partial charge in [-0.05, 0) is 41.9 Å². The molecule has 0 saturated heterocycles. The highest BCUT2D eigenvalue weighted by Crippen LogP contribution is 2.19. The number of nitrogens with one attached hydrogen (secondary N) is 4. The zero-order valence-corrected chi connectivity index (χ0v) is 24.7. The molecule has 42 heavy (non-hydrogen) atoms. The summed E-state index contributed by atoms with van der Waals surface area (Å²) < 4.78 is 0. The van der Waals surface area contributed by atoms with E-state index in [1.54, 1.807) is 6.20 Å². The van der Waals surface area contributed by atoms with Gasteiger partial charge in [0.2, 0.25) is 17.7 Å². The summed E-state index contributed by atoms with van der Waals surface area (Å²) in [5, 5.41) is 19.0. The molecule has 0 spiro atoms. The number of aromatic amines is 1. The van der Waals surface area contributed by atoms with Gasteiger partial charge in [0.1, 0.15) is 18.1 Å². The van der Waals surface area contributed by atoms with Crippen LogP contribution < -0.4 is 21.7 Å². The van der Waals surface area contributed by atoms with E-state index >= 15 is 0 Å². The number of aliphatic carboxylic acids is 1. The molecule has 2 aromatic carbocycles. The first-order chi connectivity index (χ1) is 20.0. The third kappa shape index (κ3) is 8.91. The molecule has 3 amide bonds. The highest BCUT2D eigenvalue weighted by molar-refractivity contribution is 5.94. The van der Waals surface area contributed by atoms with Crippen molar-refractivity contribution < 1.29 is 24.3 Å². The van der Waals surface area contributed by atoms with E-state index in [1.807, 2.05) is 82.3 Å². The number of carboxylic acids is 1. The minimum Gasteiger partial charge on any atom is -0.480 e. The summed E-state index contributed by atoms with van der Waals surface area (Å²) in [6.07, 6.45) is 3.00. The van der Waals surface area contributed by atoms with E-state index in [0.29, 0.717) is 12.8 Å². The summed E-state index contributed by atoms with van der Waals surface area (Å²) in [6.45, 7) is 7.56. The molecule has 226 valence electrons. The topological polar surface area (TPSA) is 166 Å². The van der Waals surface area contributed by atoms with Gasteiger partial charge in [-0.25, -0.2) is 4.79 Å². The lowest BCUT2D eigenvalue weighted by molar-refractivity contribution is -0.142. The van der Waals surface area contributed by atoms with E-state index < -0.39 is 47.9 Å². The van der Waals surface area contributed by atoms with Crippen molar-refractivity contribution in [1.82, 2.24) is 20.9 Å². The van der Waals surface area contributed by atoms with Crippen LogP contribution in [0.4, 0.5) is 0 Å². The Morgan fingerprint density at radius 3 is 2.12 bits per heavy atom. The van der Waals surface area contributed by atoms with Gasteiger partial charge in [-0.1, -0.05) is 82.6 Å². The number of carboxylic acid groups (broad SMARTS) is 1. The molecular formula is C32H43N5O5. The maximum absolute atomic E-state index is 13.5. The smallest absolute Gasteiger partial charge is 0.326 e. The van der Waals surface area contributed by atoms with Crippen LogP contribution in [0.15, 0.2) is 60.8 Å². The van der Waals surface area contributed by atoms with Gasteiger partial charge < -0.3 is 31.8 Å². The Kier molecular flexibility index (Phi) is 11.7. The minimum atomic E-state index is -1.20. The zero-order chi connectivity index (χ0) is 30.8. The standard InChI is InChI=1S/C32H43N5O5/c1-5-20(4)28(37-29(38)24(33)16-21-11-7-6-8-12-21)31(40)35-26(15-19(2)3)30(39)36-27(32(41)42)17-22-18-34-25-14-10-9-13-23(22)25/h6-14,18-20,24,26-28,34H,5,15-17,33H2,1-4H3,(H,35,40)(H,36,39)(H,37,38)(H,41,42). The Morgan fingerprint density at radius 2 is 1.48 bits per heavy atom. The van der Waals surface area contributed by atoms with Gasteiger partial charge in [-0.3, -0.25) is 14.4 Å². The van der Waals surface area contributed by atoms with Crippen LogP contribution in [0.25, 0.3) is 10.9 Å². The molecular weight excluding hydrogens is 534 g/mol. The number of hydrogen-bond donors (Lipinski definition) is 6. The lowest BCUT2D eigenvalue weighted by Gasteiger charge is -2.28. The first-order valence-electron chi connectivity index (χ1n) is 14.5. The maximum Gasteiger partial charge on any atom is 0.326 e. The summed E-state index contributed by atoms with van der Waals surface area (Å²) >= 11 is 0. The predicted octanol–water partition coefficient (Wildman–Crippen LogP) is 2.91. The summed E-state index contributed by atoms with van der Waals surface area (Å²) in [5.74, 6) is -2.98. The maximum atomic E-state index is 13.5. The fourth-order valence-electron chi connectivity index (χ4n) is 4.88. The van der Waals surface area contributed by atoms with Crippen molar-refractivity contribution >= 4 is 34.6 Å². The summed E-state index contributed by atoms with van der Waals surface area (Å²) in [5.41, 5.74) is 8.69. The third-order valence-corrected chi connectivity index (χ3v) is 7.48. The fraction of sp³-hybridized carbons (Fsp3) is 0.438. The monoisotopic (exact) mass is 577 g/mol. The van der Waals surface area contributed by atoms with Crippen molar-refractivity contribution in [3.05, 3.63) is 71.9 Å². The van der Waals surface area contributed by atoms with E-state index in [1.165, 1.54) is 0 Å². The second-order valence-electron chi connectivity index (χ2n) is 11.3. The van der Waals surface area contributed by atoms with Gasteiger partial charge in [0.25, 0.3) is 0 Å². The number of para-hydroxylation sites is 1. The Morgan fingerprint density at radius 1 is 0.833 bits per heavy atom. The van der Waals surface area contributed by atoms with Crippen molar-refractivity contribution in [3.63, 3.8) is 0 Å². The van der Waals surface area contributed by atoms with Crippen LogP contribution >= 0.6 is 0 Å². The molecule has 0 radical (unpaired) electrons. The third-order valence-electron chi connectivity index (χ3n) is 7.48. The fourth-order valence-corrected chi connectivity index (χ4v) is 4.88. The summed E-state index contributed by atoms with van der Waals surface area (Å²) in [7, 11) is 0. The van der Waals surface area contributed by atoms with Crippen molar-refractivity contribution in [2.45, 2.75) is 77.5 Å². The molecule has 3 rings (SSSR count). The van der Waals surface area contributed by atoms with Crippen LogP contribution in [0.1, 0.15) is 51.7 Å². The molecule has 0 aliphatic rings. The van der Waals surface area contributed by atoms with Crippen LogP contribution in [0.3, 0.4) is 0 Å². The van der Waals surface area contributed by atoms with E-state index in [4.69, 9.17) is 5.73 Å². The van der Waals surface area contributed by atoms with Gasteiger partial charge in [0.15, 0.2) is 0 Å². The highest BCUT2D eigenvalue weighted by atomic mass is 16.4. The first-order valence-corrected chi connectivity index (χ1v) is 14.5. The Balaban J connectivity index is 1.72. The number of benzene rings is 2. The van der Waals surface area contributed by atoms with Crippen molar-refractivity contribution in [2.75, 3.05) is 0 Å². The number of amides is 3. The van der Waals surface area contributed by atoms with Crippen molar-refractivity contribution in [3.8, 4) is 0 Å². The van der Waals surface area contributed by atoms with Crippen molar-refractivity contribution in [1.29, 1.82) is 0 Å². The van der Waals surface area contributed by atoms with Gasteiger partial charge >= 0.3 is 5.97 Å². The lowest BCUT2D eigenvalue weighted by Crippen LogP contribution is -2.59. The number of carbonyl (C=O) groups excluding carboxylic acids is 3. The largest absolute Gasteiger partial charge is 0.480 e. The summed E-state index contributed by atoms with van der Waals surface area (Å²) in [4.78, 5) is 55.2. The number of nitrogens with two attached hydrogens (primary N) is 1. The molecule has 3 aromatic rings. The lowest BCUT2D eigenvalue weighted by atomic mass is 9.96. The molecule has 0 aliphatic heterocycles. The molecule has 10 nitrogen and oxygen atoms in total. The number of fused-ring (bicyclic) bond motifs is 1. The van der Waals surface area contributed by atoms with Crippen LogP contribution in [0, 0.1) is 11.8 Å². The van der Waals surface area contributed by atoms with E-state index in [2.05, 4.69) is 20.9 Å². The SMILES string of the molecule is CCC(C)C(NC(=O)C(N)Cc1ccccc1)C(=O)NC(CC(C)C)C(=O)NC(Cc1c[nH]c2ccccc12)C(=O)O. The average Bonchev–Trinajstić information content (AvgIpc) is 3.37. The normalized spacial score (nSPS) is 14.9. The molecule has 1 heterocycles. The van der Waals surface area contributed by atoms with Crippen molar-refractivity contribution in [2.24, 2.45) is 17.6 Å². The number of H-pyrrole nitrogens is 1. The predicted molar refractivity (Wildman–Crippen MR) is 162 cm³/mol. The molecule has 5 atom stereocenters. The van der Waals surface area contributed by atoms with Crippen LogP contribution in [-0.4, -0.2) is 57.9 Å². The van der Waals surface area contributed by atoms with Crippen LogP contribution in [0.5, 0.6) is 0 Å². The van der Waals surface area contributed by atoms with E-state index in [9.17, 15) is 24.3 Å². The highest BCUT2D eigenvalue weighted by Gasteiger charge is 2.33. The second kappa shape index (κ2) is 15.2. The zero-order valence-electron chi connectivity index (χ0n) is 24.7. The molecule has 7 N–H and O–H groups in total. The Labute approximate surface area is 246 Å². The second-order valence-corrected chi connectivity index (χ2v) is 11.3. The molecule has 0 aliphatic carbocycles.